The van der Waals surface area contributed by atoms with Crippen LogP contribution >= 0.6 is 0 Å². The zero-order valence-corrected chi connectivity index (χ0v) is 7.73. The molecule has 0 unspecified atom stereocenters. The van der Waals surface area contributed by atoms with E-state index in [9.17, 15) is 8.78 Å². The maximum Gasteiger partial charge on any atom is 0.216 e. The minimum Gasteiger partial charge on any atom is -0.497 e. The van der Waals surface area contributed by atoms with Crippen LogP contribution in [0.15, 0.2) is 12.1 Å². The quantitative estimate of drug-likeness (QED) is 0.587. The van der Waals surface area contributed by atoms with Gasteiger partial charge in [-0.25, -0.2) is 8.78 Å². The molecule has 0 radical (unpaired) electrons. The first kappa shape index (κ1) is 10.4. The molecule has 0 heterocycles. The van der Waals surface area contributed by atoms with Crippen LogP contribution in [-0.2, 0) is 4.74 Å². The van der Waals surface area contributed by atoms with E-state index in [1.165, 1.54) is 20.3 Å². The van der Waals surface area contributed by atoms with Crippen molar-refractivity contribution in [1.82, 2.24) is 0 Å². The van der Waals surface area contributed by atoms with Gasteiger partial charge in [0.15, 0.2) is 11.6 Å². The van der Waals surface area contributed by atoms with E-state index in [-0.39, 0.29) is 11.3 Å². The van der Waals surface area contributed by atoms with Gasteiger partial charge in [-0.05, 0) is 6.07 Å². The van der Waals surface area contributed by atoms with Crippen LogP contribution in [0.4, 0.5) is 8.78 Å². The average molecular weight is 201 g/mol. The molecule has 76 valence electrons. The summed E-state index contributed by atoms with van der Waals surface area (Å²) < 4.78 is 35.2. The highest BCUT2D eigenvalue weighted by Crippen LogP contribution is 2.20. The molecule has 1 aromatic rings. The van der Waals surface area contributed by atoms with Gasteiger partial charge in [0.1, 0.15) is 5.75 Å². The predicted octanol–water partition coefficient (Wildman–Crippen LogP) is 1.95. The fraction of sp³-hybridized carbons (Fsp3) is 0.222. The molecule has 0 amide bonds. The lowest BCUT2D eigenvalue weighted by Crippen LogP contribution is -2.06. The molecular weight excluding hydrogens is 192 g/mol. The second-order valence-electron chi connectivity index (χ2n) is 2.50. The van der Waals surface area contributed by atoms with Crippen LogP contribution in [0.25, 0.3) is 0 Å². The van der Waals surface area contributed by atoms with Gasteiger partial charge in [0.05, 0.1) is 19.8 Å². The molecule has 1 rings (SSSR count). The van der Waals surface area contributed by atoms with E-state index in [4.69, 9.17) is 10.1 Å². The highest BCUT2D eigenvalue weighted by molar-refractivity contribution is 5.92. The fourth-order valence-electron chi connectivity index (χ4n) is 0.957. The normalized spacial score (nSPS) is 9.71. The summed E-state index contributed by atoms with van der Waals surface area (Å²) in [5.74, 6) is -2.49. The Balaban J connectivity index is 3.27. The Morgan fingerprint density at radius 3 is 2.43 bits per heavy atom. The summed E-state index contributed by atoms with van der Waals surface area (Å²) in [6.45, 7) is 0. The molecule has 1 aromatic carbocycles. The number of hydrogen-bond donors (Lipinski definition) is 1. The number of rotatable bonds is 2. The van der Waals surface area contributed by atoms with Crippen LogP contribution in [0, 0.1) is 17.0 Å². The van der Waals surface area contributed by atoms with Crippen molar-refractivity contribution in [2.75, 3.05) is 14.2 Å². The number of hydrogen-bond acceptors (Lipinski definition) is 3. The lowest BCUT2D eigenvalue weighted by atomic mass is 10.2. The lowest BCUT2D eigenvalue weighted by Gasteiger charge is -2.07. The highest BCUT2D eigenvalue weighted by Gasteiger charge is 2.15. The Bertz CT molecular complexity index is 366. The Labute approximate surface area is 79.8 Å². The second-order valence-corrected chi connectivity index (χ2v) is 2.50. The van der Waals surface area contributed by atoms with Gasteiger partial charge < -0.3 is 9.47 Å². The van der Waals surface area contributed by atoms with Crippen molar-refractivity contribution in [2.45, 2.75) is 0 Å². The fourth-order valence-corrected chi connectivity index (χ4v) is 0.957. The molecule has 0 saturated carbocycles. The van der Waals surface area contributed by atoms with Gasteiger partial charge in [-0.3, -0.25) is 5.41 Å². The number of methoxy groups -OCH3 is 2. The van der Waals surface area contributed by atoms with E-state index >= 15 is 0 Å². The van der Waals surface area contributed by atoms with Gasteiger partial charge in [0, 0.05) is 6.07 Å². The molecule has 14 heavy (non-hydrogen) atoms. The van der Waals surface area contributed by atoms with Gasteiger partial charge in [-0.2, -0.15) is 0 Å². The molecule has 0 bridgehead atoms. The molecule has 1 N–H and O–H groups in total. The summed E-state index contributed by atoms with van der Waals surface area (Å²) >= 11 is 0. The second kappa shape index (κ2) is 4.04. The van der Waals surface area contributed by atoms with Gasteiger partial charge in [-0.15, -0.1) is 0 Å². The topological polar surface area (TPSA) is 42.3 Å². The number of nitrogens with one attached hydrogen (secondary N) is 1. The highest BCUT2D eigenvalue weighted by atomic mass is 19.2. The molecule has 5 heteroatoms. The number of ether oxygens (including phenoxy) is 2. The first-order chi connectivity index (χ1) is 6.60. The van der Waals surface area contributed by atoms with E-state index in [1.54, 1.807) is 0 Å². The maximum atomic E-state index is 13.1. The van der Waals surface area contributed by atoms with Crippen molar-refractivity contribution in [3.8, 4) is 5.75 Å². The standard InChI is InChI=1S/C9H9F2NO2/c1-13-5-3-6(9(12)14-2)8(11)7(10)4-5/h3-4,12H,1-2H3. The number of halogens is 2. The van der Waals surface area contributed by atoms with Crippen molar-refractivity contribution in [3.05, 3.63) is 29.3 Å². The summed E-state index contributed by atoms with van der Waals surface area (Å²) in [5, 5.41) is 7.20. The van der Waals surface area contributed by atoms with Gasteiger partial charge in [0.2, 0.25) is 5.90 Å². The van der Waals surface area contributed by atoms with E-state index in [2.05, 4.69) is 4.74 Å². The Morgan fingerprint density at radius 1 is 1.29 bits per heavy atom. The first-order valence-corrected chi connectivity index (χ1v) is 3.76. The lowest BCUT2D eigenvalue weighted by molar-refractivity contribution is 0.389. The minimum atomic E-state index is -1.11. The van der Waals surface area contributed by atoms with Crippen LogP contribution in [0.3, 0.4) is 0 Å². The molecule has 0 spiro atoms. The Hall–Kier alpha value is -1.65. The van der Waals surface area contributed by atoms with Crippen molar-refractivity contribution in [1.29, 1.82) is 5.41 Å². The van der Waals surface area contributed by atoms with E-state index in [0.717, 1.165) is 6.07 Å². The van der Waals surface area contributed by atoms with Crippen molar-refractivity contribution in [2.24, 2.45) is 0 Å². The third-order valence-electron chi connectivity index (χ3n) is 1.69. The molecule has 0 aromatic heterocycles. The zero-order valence-electron chi connectivity index (χ0n) is 7.73. The minimum absolute atomic E-state index is 0.140. The Morgan fingerprint density at radius 2 is 1.93 bits per heavy atom. The summed E-state index contributed by atoms with van der Waals surface area (Å²) in [7, 11) is 2.53. The van der Waals surface area contributed by atoms with Gasteiger partial charge in [-0.1, -0.05) is 0 Å². The zero-order chi connectivity index (χ0) is 10.7. The largest absolute Gasteiger partial charge is 0.497 e. The molecular formula is C9H9F2NO2. The van der Waals surface area contributed by atoms with E-state index in [1.807, 2.05) is 0 Å². The summed E-state index contributed by atoms with van der Waals surface area (Å²) in [5.41, 5.74) is -0.260. The average Bonchev–Trinajstić information content (AvgIpc) is 2.20. The van der Waals surface area contributed by atoms with Crippen LogP contribution in [0.2, 0.25) is 0 Å². The molecule has 0 atom stereocenters. The third-order valence-corrected chi connectivity index (χ3v) is 1.69. The van der Waals surface area contributed by atoms with Crippen molar-refractivity contribution >= 4 is 5.90 Å². The van der Waals surface area contributed by atoms with Gasteiger partial charge >= 0.3 is 0 Å². The predicted molar refractivity (Wildman–Crippen MR) is 46.7 cm³/mol. The van der Waals surface area contributed by atoms with Crippen LogP contribution in [0.5, 0.6) is 5.75 Å². The summed E-state index contributed by atoms with van der Waals surface area (Å²) in [6.07, 6.45) is 0. The summed E-state index contributed by atoms with van der Waals surface area (Å²) in [6, 6.07) is 2.10. The SMILES string of the molecule is COC(=N)c1cc(OC)cc(F)c1F. The van der Waals surface area contributed by atoms with Crippen molar-refractivity contribution < 1.29 is 18.3 Å². The van der Waals surface area contributed by atoms with Gasteiger partial charge in [0.25, 0.3) is 0 Å². The monoisotopic (exact) mass is 201 g/mol. The van der Waals surface area contributed by atoms with Crippen molar-refractivity contribution in [3.63, 3.8) is 0 Å². The number of benzene rings is 1. The first-order valence-electron chi connectivity index (χ1n) is 3.76. The van der Waals surface area contributed by atoms with E-state index < -0.39 is 17.5 Å². The molecule has 0 aliphatic carbocycles. The van der Waals surface area contributed by atoms with Crippen LogP contribution < -0.4 is 4.74 Å². The molecule has 3 nitrogen and oxygen atoms in total. The van der Waals surface area contributed by atoms with Crippen LogP contribution in [-0.4, -0.2) is 20.1 Å². The molecule has 0 saturated heterocycles. The third kappa shape index (κ3) is 1.81. The molecule has 0 aliphatic rings. The smallest absolute Gasteiger partial charge is 0.216 e. The van der Waals surface area contributed by atoms with Crippen LogP contribution in [0.1, 0.15) is 5.56 Å². The molecule has 0 aliphatic heterocycles. The molecule has 0 fully saturated rings. The maximum absolute atomic E-state index is 13.1. The van der Waals surface area contributed by atoms with E-state index in [0.29, 0.717) is 0 Å². The summed E-state index contributed by atoms with van der Waals surface area (Å²) in [4.78, 5) is 0. The Kier molecular flexibility index (Phi) is 3.01.